The fraction of sp³-hybridized carbons (Fsp3) is 0.853. The average Bonchev–Trinajstić information content (AvgIpc) is 3.40. The van der Waals surface area contributed by atoms with Crippen LogP contribution in [0.3, 0.4) is 0 Å². The summed E-state index contributed by atoms with van der Waals surface area (Å²) in [5, 5.41) is 23.2. The average molecular weight is 1040 g/mol. The van der Waals surface area contributed by atoms with Gasteiger partial charge in [-0.3, -0.25) is 9.59 Å². The van der Waals surface area contributed by atoms with E-state index < -0.39 is 12.1 Å². The van der Waals surface area contributed by atoms with Gasteiger partial charge in [0.1, 0.15) is 0 Å². The van der Waals surface area contributed by atoms with Crippen LogP contribution < -0.4 is 5.32 Å². The topological polar surface area (TPSA) is 95.9 Å². The molecule has 3 N–H and O–H groups in total. The molecule has 0 fully saturated rings. The summed E-state index contributed by atoms with van der Waals surface area (Å²) in [4.78, 5) is 24.6. The quantitative estimate of drug-likeness (QED) is 0.0320. The van der Waals surface area contributed by atoms with Crippen LogP contribution in [-0.4, -0.2) is 47.4 Å². The second-order valence-electron chi connectivity index (χ2n) is 22.4. The van der Waals surface area contributed by atoms with E-state index in [1.165, 1.54) is 250 Å². The summed E-state index contributed by atoms with van der Waals surface area (Å²) in [6, 6.07) is -0.641. The summed E-state index contributed by atoms with van der Waals surface area (Å²) in [6.07, 6.45) is 81.6. The number of unbranched alkanes of at least 4 members (excludes halogenated alkanes) is 44. The van der Waals surface area contributed by atoms with Crippen molar-refractivity contribution in [3.63, 3.8) is 0 Å². The molecule has 0 bridgehead atoms. The number of carbonyl (C=O) groups is 2. The van der Waals surface area contributed by atoms with E-state index in [1.54, 1.807) is 6.08 Å². The Morgan fingerprint density at radius 2 is 0.676 bits per heavy atom. The minimum atomic E-state index is -0.856. The highest BCUT2D eigenvalue weighted by atomic mass is 16.5. The van der Waals surface area contributed by atoms with Gasteiger partial charge in [0.05, 0.1) is 25.4 Å². The zero-order valence-electron chi connectivity index (χ0n) is 49.6. The maximum atomic E-state index is 12.5. The molecule has 6 heteroatoms. The Labute approximate surface area is 461 Å². The van der Waals surface area contributed by atoms with Gasteiger partial charge in [0.15, 0.2) is 0 Å². The number of nitrogens with one attached hydrogen (secondary N) is 1. The van der Waals surface area contributed by atoms with Crippen LogP contribution in [-0.2, 0) is 14.3 Å². The number of rotatable bonds is 61. The van der Waals surface area contributed by atoms with Crippen molar-refractivity contribution in [2.75, 3.05) is 13.2 Å². The molecule has 0 heterocycles. The summed E-state index contributed by atoms with van der Waals surface area (Å²) in [7, 11) is 0. The minimum Gasteiger partial charge on any atom is -0.466 e. The smallest absolute Gasteiger partial charge is 0.305 e. The molecule has 0 aromatic carbocycles. The molecule has 0 aromatic heterocycles. The SMILES string of the molecule is CCCCCC/C=C\C/C=C\CCCCCCCC(=O)OCCCCCCCCCCC/C=C\CCCCCCCC(=O)NC(CO)C(O)/C=C/CCCCCCCCCCCCCCCCCCCCCCC. The van der Waals surface area contributed by atoms with E-state index in [1.807, 2.05) is 6.08 Å². The van der Waals surface area contributed by atoms with E-state index in [4.69, 9.17) is 4.74 Å². The molecule has 6 nitrogen and oxygen atoms in total. The Morgan fingerprint density at radius 1 is 0.378 bits per heavy atom. The highest BCUT2D eigenvalue weighted by Crippen LogP contribution is 2.17. The lowest BCUT2D eigenvalue weighted by molar-refractivity contribution is -0.143. The van der Waals surface area contributed by atoms with Crippen molar-refractivity contribution in [3.8, 4) is 0 Å². The molecule has 0 aromatic rings. The first-order chi connectivity index (χ1) is 36.5. The Bertz CT molecular complexity index is 1240. The van der Waals surface area contributed by atoms with Crippen LogP contribution in [0.25, 0.3) is 0 Å². The molecule has 0 aliphatic carbocycles. The van der Waals surface area contributed by atoms with Crippen molar-refractivity contribution in [1.29, 1.82) is 0 Å². The van der Waals surface area contributed by atoms with E-state index in [9.17, 15) is 19.8 Å². The summed E-state index contributed by atoms with van der Waals surface area (Å²) in [6.45, 7) is 4.88. The highest BCUT2D eigenvalue weighted by molar-refractivity contribution is 5.76. The molecule has 1 amide bonds. The van der Waals surface area contributed by atoms with Crippen molar-refractivity contribution < 1.29 is 24.5 Å². The van der Waals surface area contributed by atoms with E-state index >= 15 is 0 Å². The molecule has 434 valence electrons. The van der Waals surface area contributed by atoms with E-state index in [0.717, 1.165) is 70.6 Å². The molecular weight excluding hydrogens is 911 g/mol. The Hall–Kier alpha value is -2.18. The third-order valence-corrected chi connectivity index (χ3v) is 15.1. The third-order valence-electron chi connectivity index (χ3n) is 15.1. The first-order valence-electron chi connectivity index (χ1n) is 32.9. The lowest BCUT2D eigenvalue weighted by atomic mass is 10.0. The van der Waals surface area contributed by atoms with Gasteiger partial charge in [-0.1, -0.05) is 294 Å². The zero-order chi connectivity index (χ0) is 53.6. The van der Waals surface area contributed by atoms with Gasteiger partial charge in [0.2, 0.25) is 5.91 Å². The largest absolute Gasteiger partial charge is 0.466 e. The second-order valence-corrected chi connectivity index (χ2v) is 22.4. The van der Waals surface area contributed by atoms with E-state index in [2.05, 4.69) is 55.6 Å². The summed E-state index contributed by atoms with van der Waals surface area (Å²) in [5.41, 5.74) is 0. The van der Waals surface area contributed by atoms with Crippen LogP contribution >= 0.6 is 0 Å². The van der Waals surface area contributed by atoms with Crippen LogP contribution in [0.2, 0.25) is 0 Å². The molecule has 0 aliphatic rings. The Balaban J connectivity index is 3.49. The summed E-state index contributed by atoms with van der Waals surface area (Å²) < 4.78 is 5.48. The molecule has 0 spiro atoms. The lowest BCUT2D eigenvalue weighted by Crippen LogP contribution is -2.45. The maximum absolute atomic E-state index is 12.5. The van der Waals surface area contributed by atoms with Crippen LogP contribution in [0.1, 0.15) is 348 Å². The number of amides is 1. The number of aliphatic hydroxyl groups is 2. The standard InChI is InChI=1S/C68H127NO5/c1-3-5-7-9-11-13-15-17-19-21-22-23-24-25-26-29-32-36-40-44-48-52-56-60-66(71)65(64-70)69-67(72)61-57-53-49-45-41-37-33-30-27-28-31-35-39-43-47-51-55-59-63-74-68(73)62-58-54-50-46-42-38-34-20-18-16-14-12-10-8-6-4-2/h14,16,20,30,33-34,56,60,65-66,70-71H,3-13,15,17-19,21-29,31-32,35-55,57-59,61-64H2,1-2H3,(H,69,72)/b16-14-,33-30-,34-20-,60-56+. The Morgan fingerprint density at radius 3 is 1.05 bits per heavy atom. The number of carbonyl (C=O) groups excluding carboxylic acids is 2. The molecule has 0 saturated heterocycles. The molecule has 0 aliphatic heterocycles. The van der Waals surface area contributed by atoms with Gasteiger partial charge in [0, 0.05) is 12.8 Å². The van der Waals surface area contributed by atoms with E-state index in [0.29, 0.717) is 19.4 Å². The van der Waals surface area contributed by atoms with Crippen molar-refractivity contribution in [1.82, 2.24) is 5.32 Å². The number of hydrogen-bond acceptors (Lipinski definition) is 5. The predicted molar refractivity (Wildman–Crippen MR) is 324 cm³/mol. The molecular formula is C68H127NO5. The highest BCUT2D eigenvalue weighted by Gasteiger charge is 2.18. The zero-order valence-corrected chi connectivity index (χ0v) is 49.6. The minimum absolute atomic E-state index is 0.0112. The van der Waals surface area contributed by atoms with Gasteiger partial charge in [-0.05, 0) is 89.9 Å². The maximum Gasteiger partial charge on any atom is 0.305 e. The van der Waals surface area contributed by atoms with Crippen molar-refractivity contribution in [2.45, 2.75) is 360 Å². The molecule has 0 radical (unpaired) electrons. The van der Waals surface area contributed by atoms with Gasteiger partial charge >= 0.3 is 5.97 Å². The van der Waals surface area contributed by atoms with Crippen LogP contribution in [0.5, 0.6) is 0 Å². The molecule has 0 saturated carbocycles. The van der Waals surface area contributed by atoms with Gasteiger partial charge in [-0.15, -0.1) is 0 Å². The number of esters is 1. The van der Waals surface area contributed by atoms with Crippen LogP contribution in [0.4, 0.5) is 0 Å². The lowest BCUT2D eigenvalue weighted by Gasteiger charge is -2.20. The number of ether oxygens (including phenoxy) is 1. The third kappa shape index (κ3) is 59.1. The van der Waals surface area contributed by atoms with Crippen LogP contribution in [0, 0.1) is 0 Å². The van der Waals surface area contributed by atoms with Gasteiger partial charge in [-0.2, -0.15) is 0 Å². The van der Waals surface area contributed by atoms with Crippen molar-refractivity contribution in [2.24, 2.45) is 0 Å². The van der Waals surface area contributed by atoms with Gasteiger partial charge < -0.3 is 20.3 Å². The van der Waals surface area contributed by atoms with Gasteiger partial charge in [-0.25, -0.2) is 0 Å². The summed E-state index contributed by atoms with van der Waals surface area (Å²) >= 11 is 0. The second kappa shape index (κ2) is 63.4. The first kappa shape index (κ1) is 71.8. The number of hydrogen-bond donors (Lipinski definition) is 3. The summed E-state index contributed by atoms with van der Waals surface area (Å²) in [5.74, 6) is -0.0914. The number of allylic oxidation sites excluding steroid dienone is 7. The number of aliphatic hydroxyl groups excluding tert-OH is 2. The molecule has 0 rings (SSSR count). The monoisotopic (exact) mass is 1040 g/mol. The molecule has 2 unspecified atom stereocenters. The predicted octanol–water partition coefficient (Wildman–Crippen LogP) is 20.9. The fourth-order valence-corrected chi connectivity index (χ4v) is 10.0. The first-order valence-corrected chi connectivity index (χ1v) is 32.9. The normalized spacial score (nSPS) is 12.9. The Kier molecular flexibility index (Phi) is 61.5. The molecule has 74 heavy (non-hydrogen) atoms. The van der Waals surface area contributed by atoms with Crippen molar-refractivity contribution >= 4 is 11.9 Å². The van der Waals surface area contributed by atoms with Gasteiger partial charge in [0.25, 0.3) is 0 Å². The molecule has 2 atom stereocenters. The fourth-order valence-electron chi connectivity index (χ4n) is 10.0. The van der Waals surface area contributed by atoms with Crippen LogP contribution in [0.15, 0.2) is 48.6 Å². The van der Waals surface area contributed by atoms with Crippen molar-refractivity contribution in [3.05, 3.63) is 48.6 Å². The van der Waals surface area contributed by atoms with E-state index in [-0.39, 0.29) is 18.5 Å².